The molecule has 110 valence electrons. The Morgan fingerprint density at radius 2 is 2.35 bits per heavy atom. The Balaban J connectivity index is 1.69. The van der Waals surface area contributed by atoms with Crippen molar-refractivity contribution in [2.24, 2.45) is 0 Å². The van der Waals surface area contributed by atoms with Gasteiger partial charge in [0.2, 0.25) is 5.91 Å². The maximum atomic E-state index is 11.7. The summed E-state index contributed by atoms with van der Waals surface area (Å²) in [5.74, 6) is 0.623. The van der Waals surface area contributed by atoms with Crippen molar-refractivity contribution < 1.29 is 14.6 Å². The number of carbonyl (C=O) groups is 1. The number of ether oxygens (including phenoxy) is 1. The monoisotopic (exact) mass is 342 g/mol. The molecule has 1 aliphatic heterocycles. The van der Waals surface area contributed by atoms with Crippen LogP contribution in [0.1, 0.15) is 12.8 Å². The minimum absolute atomic E-state index is 0.0533. The summed E-state index contributed by atoms with van der Waals surface area (Å²) >= 11 is 3.37. The maximum Gasteiger partial charge on any atom is 0.237 e. The second-order valence-corrected chi connectivity index (χ2v) is 5.64. The van der Waals surface area contributed by atoms with Crippen LogP contribution in [0.2, 0.25) is 0 Å². The molecule has 2 atom stereocenters. The van der Waals surface area contributed by atoms with Crippen LogP contribution in [0.25, 0.3) is 0 Å². The highest BCUT2D eigenvalue weighted by Gasteiger charge is 2.22. The quantitative estimate of drug-likeness (QED) is 0.722. The first-order chi connectivity index (χ1) is 9.66. The topological polar surface area (TPSA) is 70.6 Å². The lowest BCUT2D eigenvalue weighted by molar-refractivity contribution is -0.123. The van der Waals surface area contributed by atoms with E-state index in [4.69, 9.17) is 4.74 Å². The normalized spacial score (nSPS) is 19.6. The molecule has 1 aliphatic rings. The smallest absolute Gasteiger partial charge is 0.237 e. The second kappa shape index (κ2) is 7.61. The highest BCUT2D eigenvalue weighted by Crippen LogP contribution is 2.23. The summed E-state index contributed by atoms with van der Waals surface area (Å²) in [6, 6.07) is 7.32. The first-order valence-electron chi connectivity index (χ1n) is 6.73. The van der Waals surface area contributed by atoms with Gasteiger partial charge in [0.1, 0.15) is 18.5 Å². The summed E-state index contributed by atoms with van der Waals surface area (Å²) in [5.41, 5.74) is 0. The Labute approximate surface area is 126 Å². The van der Waals surface area contributed by atoms with Gasteiger partial charge in [-0.1, -0.05) is 12.1 Å². The maximum absolute atomic E-state index is 11.7. The second-order valence-electron chi connectivity index (χ2n) is 4.79. The Morgan fingerprint density at radius 1 is 1.55 bits per heavy atom. The summed E-state index contributed by atoms with van der Waals surface area (Å²) in [4.78, 5) is 11.7. The van der Waals surface area contributed by atoms with Gasteiger partial charge >= 0.3 is 0 Å². The summed E-state index contributed by atoms with van der Waals surface area (Å²) in [6.45, 7) is 1.22. The highest BCUT2D eigenvalue weighted by atomic mass is 79.9. The van der Waals surface area contributed by atoms with Crippen LogP contribution in [0, 0.1) is 0 Å². The first-order valence-corrected chi connectivity index (χ1v) is 7.52. The molecule has 1 saturated heterocycles. The number of carbonyl (C=O) groups excluding carboxylic acids is 1. The van der Waals surface area contributed by atoms with E-state index in [-0.39, 0.29) is 25.1 Å². The van der Waals surface area contributed by atoms with Gasteiger partial charge in [-0.15, -0.1) is 0 Å². The summed E-state index contributed by atoms with van der Waals surface area (Å²) in [7, 11) is 0. The number of aliphatic hydroxyl groups excluding tert-OH is 1. The molecular weight excluding hydrogens is 324 g/mol. The van der Waals surface area contributed by atoms with Gasteiger partial charge in [0.05, 0.1) is 10.5 Å². The number of hydrogen-bond donors (Lipinski definition) is 3. The van der Waals surface area contributed by atoms with Crippen LogP contribution < -0.4 is 15.4 Å². The van der Waals surface area contributed by atoms with E-state index >= 15 is 0 Å². The molecule has 0 aromatic heterocycles. The number of halogens is 1. The number of aliphatic hydroxyl groups is 1. The average molecular weight is 343 g/mol. The molecule has 0 radical (unpaired) electrons. The number of nitrogens with one attached hydrogen (secondary N) is 2. The van der Waals surface area contributed by atoms with E-state index in [2.05, 4.69) is 26.6 Å². The molecule has 6 heteroatoms. The molecular formula is C14H19BrN2O3. The third-order valence-corrected chi connectivity index (χ3v) is 3.81. The van der Waals surface area contributed by atoms with Crippen molar-refractivity contribution >= 4 is 21.8 Å². The number of hydrogen-bond acceptors (Lipinski definition) is 4. The van der Waals surface area contributed by atoms with E-state index in [9.17, 15) is 9.90 Å². The van der Waals surface area contributed by atoms with E-state index in [1.54, 1.807) is 0 Å². The van der Waals surface area contributed by atoms with Gasteiger partial charge < -0.3 is 20.5 Å². The van der Waals surface area contributed by atoms with Crippen LogP contribution in [0.4, 0.5) is 0 Å². The molecule has 1 fully saturated rings. The van der Waals surface area contributed by atoms with Crippen molar-refractivity contribution in [3.63, 3.8) is 0 Å². The van der Waals surface area contributed by atoms with Crippen LogP contribution >= 0.6 is 15.9 Å². The molecule has 5 nitrogen and oxygen atoms in total. The van der Waals surface area contributed by atoms with E-state index in [1.165, 1.54) is 0 Å². The van der Waals surface area contributed by atoms with Gasteiger partial charge in [-0.2, -0.15) is 0 Å². The molecule has 0 spiro atoms. The molecule has 1 amide bonds. The van der Waals surface area contributed by atoms with E-state index in [1.807, 2.05) is 24.3 Å². The summed E-state index contributed by atoms with van der Waals surface area (Å²) < 4.78 is 6.33. The molecule has 2 rings (SSSR count). The van der Waals surface area contributed by atoms with E-state index in [0.717, 1.165) is 23.9 Å². The van der Waals surface area contributed by atoms with Crippen molar-refractivity contribution in [1.29, 1.82) is 0 Å². The van der Waals surface area contributed by atoms with Crippen LogP contribution in [-0.4, -0.2) is 42.9 Å². The Kier molecular flexibility index (Phi) is 5.82. The average Bonchev–Trinajstić information content (AvgIpc) is 2.98. The highest BCUT2D eigenvalue weighted by molar-refractivity contribution is 9.10. The van der Waals surface area contributed by atoms with Crippen LogP contribution in [0.3, 0.4) is 0 Å². The Bertz CT molecular complexity index is 450. The van der Waals surface area contributed by atoms with Gasteiger partial charge in [-0.05, 0) is 47.4 Å². The van der Waals surface area contributed by atoms with Crippen LogP contribution in [0.15, 0.2) is 28.7 Å². The zero-order valence-corrected chi connectivity index (χ0v) is 12.7. The number of benzene rings is 1. The van der Waals surface area contributed by atoms with Crippen molar-refractivity contribution in [1.82, 2.24) is 10.6 Å². The standard InChI is InChI=1S/C14H19BrN2O3/c15-11-4-1-2-6-13(11)20-9-10(18)8-17-14(19)12-5-3-7-16-12/h1-2,4,6,10,12,16,18H,3,5,7-9H2,(H,17,19)/t10-,12+/m0/s1. The predicted octanol–water partition coefficient (Wildman–Crippen LogP) is 1.06. The predicted molar refractivity (Wildman–Crippen MR) is 79.7 cm³/mol. The lowest BCUT2D eigenvalue weighted by atomic mass is 10.2. The fourth-order valence-electron chi connectivity index (χ4n) is 2.06. The number of rotatable bonds is 6. The summed E-state index contributed by atoms with van der Waals surface area (Å²) in [6.07, 6.45) is 1.15. The molecule has 0 saturated carbocycles. The van der Waals surface area contributed by atoms with E-state index < -0.39 is 6.10 Å². The molecule has 3 N–H and O–H groups in total. The number of amides is 1. The van der Waals surface area contributed by atoms with Gasteiger partial charge in [0.25, 0.3) is 0 Å². The Morgan fingerprint density at radius 3 is 3.05 bits per heavy atom. The largest absolute Gasteiger partial charge is 0.490 e. The summed E-state index contributed by atoms with van der Waals surface area (Å²) in [5, 5.41) is 15.7. The molecule has 1 aromatic carbocycles. The van der Waals surface area contributed by atoms with E-state index in [0.29, 0.717) is 5.75 Å². The van der Waals surface area contributed by atoms with Gasteiger partial charge in [0.15, 0.2) is 0 Å². The lowest BCUT2D eigenvalue weighted by Gasteiger charge is -2.16. The fraction of sp³-hybridized carbons (Fsp3) is 0.500. The number of para-hydroxylation sites is 1. The first kappa shape index (κ1) is 15.3. The van der Waals surface area contributed by atoms with Crippen molar-refractivity contribution in [2.75, 3.05) is 19.7 Å². The van der Waals surface area contributed by atoms with Gasteiger partial charge in [0, 0.05) is 6.54 Å². The van der Waals surface area contributed by atoms with Crippen LogP contribution in [-0.2, 0) is 4.79 Å². The third-order valence-electron chi connectivity index (χ3n) is 3.16. The Hall–Kier alpha value is -1.11. The lowest BCUT2D eigenvalue weighted by Crippen LogP contribution is -2.44. The molecule has 1 aromatic rings. The molecule has 0 aliphatic carbocycles. The molecule has 0 bridgehead atoms. The minimum Gasteiger partial charge on any atom is -0.490 e. The van der Waals surface area contributed by atoms with Crippen molar-refractivity contribution in [2.45, 2.75) is 25.0 Å². The third kappa shape index (κ3) is 4.47. The zero-order valence-electron chi connectivity index (χ0n) is 11.1. The minimum atomic E-state index is -0.729. The van der Waals surface area contributed by atoms with Crippen molar-refractivity contribution in [3.8, 4) is 5.75 Å². The SMILES string of the molecule is O=C(NC[C@H](O)COc1ccccc1Br)[C@H]1CCCN1. The molecule has 20 heavy (non-hydrogen) atoms. The van der Waals surface area contributed by atoms with Gasteiger partial charge in [-0.3, -0.25) is 4.79 Å². The zero-order chi connectivity index (χ0) is 14.4. The van der Waals surface area contributed by atoms with Crippen LogP contribution in [0.5, 0.6) is 5.75 Å². The fourth-order valence-corrected chi connectivity index (χ4v) is 2.46. The molecule has 0 unspecified atom stereocenters. The van der Waals surface area contributed by atoms with Gasteiger partial charge in [-0.25, -0.2) is 0 Å². The molecule has 1 heterocycles. The van der Waals surface area contributed by atoms with Crippen molar-refractivity contribution in [3.05, 3.63) is 28.7 Å².